The third-order valence-corrected chi connectivity index (χ3v) is 3.95. The predicted molar refractivity (Wildman–Crippen MR) is 77.4 cm³/mol. The van der Waals surface area contributed by atoms with Gasteiger partial charge < -0.3 is 10.2 Å². The molecule has 1 aliphatic rings. The van der Waals surface area contributed by atoms with Crippen LogP contribution in [0.4, 0.5) is 11.4 Å². The lowest BCUT2D eigenvalue weighted by molar-refractivity contribution is -0.383. The van der Waals surface area contributed by atoms with Crippen LogP contribution < -0.4 is 10.2 Å². The fraction of sp³-hybridized carbons (Fsp3) is 0.538. The summed E-state index contributed by atoms with van der Waals surface area (Å²) in [6.45, 7) is 1.77. The minimum absolute atomic E-state index is 0.0721. The predicted octanol–water partition coefficient (Wildman–Crippen LogP) is 1.71. The Morgan fingerprint density at radius 3 is 3.00 bits per heavy atom. The van der Waals surface area contributed by atoms with Gasteiger partial charge in [0.05, 0.1) is 10.6 Å². The molecule has 1 unspecified atom stereocenters. The number of rotatable bonds is 4. The second kappa shape index (κ2) is 5.65. The number of aromatic nitrogens is 2. The lowest BCUT2D eigenvalue weighted by atomic mass is 10.0. The van der Waals surface area contributed by atoms with Crippen molar-refractivity contribution < 1.29 is 9.55 Å². The van der Waals surface area contributed by atoms with Crippen LogP contribution in [0.1, 0.15) is 19.3 Å². The zero-order valence-corrected chi connectivity index (χ0v) is 11.8. The second-order valence-corrected chi connectivity index (χ2v) is 5.22. The van der Waals surface area contributed by atoms with Crippen molar-refractivity contribution in [3.05, 3.63) is 22.2 Å². The molecule has 2 aromatic rings. The monoisotopic (exact) mass is 291 g/mol. The standard InChI is InChI=1S/C13H17N5O3/c1-14-8-9-4-2-3-7-17(9)10-5-6-11(18(19)20)13-12(10)15-21-16-13/h5-6,9,14H,2-4,7-8H2,1H3. The van der Waals surface area contributed by atoms with Gasteiger partial charge in [0.25, 0.3) is 0 Å². The number of nitrogens with one attached hydrogen (secondary N) is 1. The molecule has 0 amide bonds. The molecule has 8 heteroatoms. The van der Waals surface area contributed by atoms with Gasteiger partial charge in [-0.1, -0.05) is 0 Å². The number of likely N-dealkylation sites (N-methyl/N-ethyl adjacent to an activating group) is 1. The first-order valence-electron chi connectivity index (χ1n) is 7.03. The number of hydrogen-bond acceptors (Lipinski definition) is 7. The van der Waals surface area contributed by atoms with Crippen molar-refractivity contribution in [3.63, 3.8) is 0 Å². The van der Waals surface area contributed by atoms with E-state index in [1.807, 2.05) is 7.05 Å². The summed E-state index contributed by atoms with van der Waals surface area (Å²) in [5.74, 6) is 0. The molecule has 0 bridgehead atoms. The summed E-state index contributed by atoms with van der Waals surface area (Å²) in [5.41, 5.74) is 1.47. The number of anilines is 1. The van der Waals surface area contributed by atoms with Crippen LogP contribution in [-0.4, -0.2) is 41.4 Å². The molecule has 2 heterocycles. The van der Waals surface area contributed by atoms with Crippen molar-refractivity contribution in [1.82, 2.24) is 15.6 Å². The topological polar surface area (TPSA) is 97.3 Å². The lowest BCUT2D eigenvalue weighted by Gasteiger charge is -2.37. The van der Waals surface area contributed by atoms with Gasteiger partial charge >= 0.3 is 5.69 Å². The third kappa shape index (κ3) is 2.42. The third-order valence-electron chi connectivity index (χ3n) is 3.95. The van der Waals surface area contributed by atoms with E-state index in [1.54, 1.807) is 6.07 Å². The Morgan fingerprint density at radius 2 is 2.24 bits per heavy atom. The highest BCUT2D eigenvalue weighted by Gasteiger charge is 2.27. The highest BCUT2D eigenvalue weighted by Crippen LogP contribution is 2.34. The van der Waals surface area contributed by atoms with Gasteiger partial charge in [0.2, 0.25) is 5.52 Å². The number of benzene rings is 1. The van der Waals surface area contributed by atoms with Crippen molar-refractivity contribution in [2.75, 3.05) is 25.0 Å². The zero-order valence-electron chi connectivity index (χ0n) is 11.8. The van der Waals surface area contributed by atoms with Crippen LogP contribution in [0.5, 0.6) is 0 Å². The van der Waals surface area contributed by atoms with Gasteiger partial charge in [-0.25, -0.2) is 4.63 Å². The van der Waals surface area contributed by atoms with Gasteiger partial charge in [-0.3, -0.25) is 10.1 Å². The minimum atomic E-state index is -0.461. The van der Waals surface area contributed by atoms with Gasteiger partial charge in [-0.05, 0) is 42.7 Å². The van der Waals surface area contributed by atoms with E-state index >= 15 is 0 Å². The Kier molecular flexibility index (Phi) is 3.70. The summed E-state index contributed by atoms with van der Waals surface area (Å²) in [5, 5.41) is 21.8. The number of nitro groups is 1. The van der Waals surface area contributed by atoms with Gasteiger partial charge in [0, 0.05) is 25.2 Å². The highest BCUT2D eigenvalue weighted by molar-refractivity contribution is 5.94. The summed E-state index contributed by atoms with van der Waals surface area (Å²) in [7, 11) is 1.93. The van der Waals surface area contributed by atoms with Crippen molar-refractivity contribution in [1.29, 1.82) is 0 Å². The molecular formula is C13H17N5O3. The minimum Gasteiger partial charge on any atom is -0.365 e. The van der Waals surface area contributed by atoms with E-state index < -0.39 is 4.92 Å². The van der Waals surface area contributed by atoms with Crippen molar-refractivity contribution in [2.45, 2.75) is 25.3 Å². The molecule has 0 aliphatic carbocycles. The first-order chi connectivity index (χ1) is 10.2. The molecule has 8 nitrogen and oxygen atoms in total. The Bertz CT molecular complexity index is 654. The van der Waals surface area contributed by atoms with Crippen LogP contribution in [0.25, 0.3) is 11.0 Å². The normalized spacial score (nSPS) is 19.1. The molecule has 1 N–H and O–H groups in total. The second-order valence-electron chi connectivity index (χ2n) is 5.22. The smallest absolute Gasteiger partial charge is 0.300 e. The molecule has 1 atom stereocenters. The molecule has 1 saturated heterocycles. The number of hydrogen-bond donors (Lipinski definition) is 1. The maximum atomic E-state index is 11.0. The maximum absolute atomic E-state index is 11.0. The van der Waals surface area contributed by atoms with Crippen LogP contribution >= 0.6 is 0 Å². The van der Waals surface area contributed by atoms with E-state index in [1.165, 1.54) is 12.5 Å². The highest BCUT2D eigenvalue weighted by atomic mass is 16.6. The molecule has 21 heavy (non-hydrogen) atoms. The van der Waals surface area contributed by atoms with Gasteiger partial charge in [0.1, 0.15) is 0 Å². The largest absolute Gasteiger partial charge is 0.365 e. The van der Waals surface area contributed by atoms with E-state index in [-0.39, 0.29) is 11.2 Å². The zero-order chi connectivity index (χ0) is 14.8. The number of nitrogens with zero attached hydrogens (tertiary/aromatic N) is 4. The molecule has 1 aliphatic heterocycles. The van der Waals surface area contributed by atoms with Gasteiger partial charge in [0.15, 0.2) is 5.52 Å². The molecule has 112 valence electrons. The van der Waals surface area contributed by atoms with Crippen LogP contribution in [0, 0.1) is 10.1 Å². The van der Waals surface area contributed by atoms with Crippen molar-refractivity contribution in [2.24, 2.45) is 0 Å². The van der Waals surface area contributed by atoms with Crippen molar-refractivity contribution in [3.8, 4) is 0 Å². The fourth-order valence-corrected chi connectivity index (χ4v) is 2.99. The summed E-state index contributed by atoms with van der Waals surface area (Å²) < 4.78 is 4.74. The quantitative estimate of drug-likeness (QED) is 0.676. The Balaban J connectivity index is 2.05. The van der Waals surface area contributed by atoms with Crippen LogP contribution in [0.3, 0.4) is 0 Å². The average Bonchev–Trinajstić information content (AvgIpc) is 2.96. The summed E-state index contributed by atoms with van der Waals surface area (Å²) in [6.07, 6.45) is 3.38. The Labute approximate surface area is 121 Å². The first-order valence-corrected chi connectivity index (χ1v) is 7.03. The molecule has 3 rings (SSSR count). The van der Waals surface area contributed by atoms with E-state index in [4.69, 9.17) is 4.63 Å². The number of piperidine rings is 1. The average molecular weight is 291 g/mol. The Hall–Kier alpha value is -2.22. The summed E-state index contributed by atoms with van der Waals surface area (Å²) in [6, 6.07) is 3.58. The van der Waals surface area contributed by atoms with E-state index in [2.05, 4.69) is 20.5 Å². The Morgan fingerprint density at radius 1 is 1.43 bits per heavy atom. The molecule has 1 fully saturated rings. The number of non-ortho nitro benzene ring substituents is 1. The van der Waals surface area contributed by atoms with Crippen molar-refractivity contribution >= 4 is 22.4 Å². The molecule has 0 spiro atoms. The molecule has 0 radical (unpaired) electrons. The van der Waals surface area contributed by atoms with Gasteiger partial charge in [-0.15, -0.1) is 0 Å². The summed E-state index contributed by atoms with van der Waals surface area (Å²) >= 11 is 0. The van der Waals surface area contributed by atoms with E-state index in [0.29, 0.717) is 11.6 Å². The SMILES string of the molecule is CNCC1CCCCN1c1ccc([N+](=O)[O-])c2nonc12. The molecular weight excluding hydrogens is 274 g/mol. The summed E-state index contributed by atoms with van der Waals surface area (Å²) in [4.78, 5) is 12.8. The van der Waals surface area contributed by atoms with Crippen LogP contribution in [0.15, 0.2) is 16.8 Å². The molecule has 0 saturated carbocycles. The van der Waals surface area contributed by atoms with Crippen LogP contribution in [-0.2, 0) is 0 Å². The van der Waals surface area contributed by atoms with E-state index in [9.17, 15) is 10.1 Å². The number of fused-ring (bicyclic) bond motifs is 1. The number of nitro benzene ring substituents is 1. The van der Waals surface area contributed by atoms with Gasteiger partial charge in [-0.2, -0.15) is 0 Å². The lowest BCUT2D eigenvalue weighted by Crippen LogP contribution is -2.45. The maximum Gasteiger partial charge on any atom is 0.300 e. The fourth-order valence-electron chi connectivity index (χ4n) is 2.99. The molecule has 1 aromatic heterocycles. The van der Waals surface area contributed by atoms with E-state index in [0.717, 1.165) is 31.6 Å². The first kappa shape index (κ1) is 13.7. The van der Waals surface area contributed by atoms with Crippen LogP contribution in [0.2, 0.25) is 0 Å². The molecule has 1 aromatic carbocycles.